The molecular formula is C14H24F4O2S. The molecule has 0 radical (unpaired) electrons. The van der Waals surface area contributed by atoms with Gasteiger partial charge in [0.1, 0.15) is 5.25 Å². The summed E-state index contributed by atoms with van der Waals surface area (Å²) in [7, 11) is 0. The summed E-state index contributed by atoms with van der Waals surface area (Å²) in [5, 5.41) is -0.392. The fourth-order valence-corrected chi connectivity index (χ4v) is 2.73. The molecule has 0 aromatic carbocycles. The molecule has 0 aromatic heterocycles. The fraction of sp³-hybridized carbons (Fsp3) is 0.929. The van der Waals surface area contributed by atoms with Gasteiger partial charge >= 0.3 is 18.3 Å². The van der Waals surface area contributed by atoms with E-state index in [9.17, 15) is 22.4 Å². The Labute approximate surface area is 128 Å². The minimum atomic E-state index is -3.94. The zero-order chi connectivity index (χ0) is 16.3. The van der Waals surface area contributed by atoms with Gasteiger partial charge in [0.2, 0.25) is 0 Å². The van der Waals surface area contributed by atoms with E-state index in [0.29, 0.717) is 13.0 Å². The SMILES string of the molecule is CCCCC(SCCCC(F)(F)C(F)F)C(=O)OCCC. The Hall–Kier alpha value is -0.460. The summed E-state index contributed by atoms with van der Waals surface area (Å²) in [6.45, 7) is 4.21. The standard InChI is InChI=1S/C14H24F4O2S/c1-3-5-7-11(12(19)20-9-4-2)21-10-6-8-14(17,18)13(15)16/h11,13H,3-10H2,1-2H3. The van der Waals surface area contributed by atoms with Gasteiger partial charge in [-0.05, 0) is 25.0 Å². The quantitative estimate of drug-likeness (QED) is 0.288. The van der Waals surface area contributed by atoms with Gasteiger partial charge in [-0.25, -0.2) is 17.6 Å². The maximum Gasteiger partial charge on any atom is 0.319 e. The molecule has 0 amide bonds. The van der Waals surface area contributed by atoms with Crippen LogP contribution in [0.3, 0.4) is 0 Å². The number of carbonyl (C=O) groups is 1. The van der Waals surface area contributed by atoms with Gasteiger partial charge in [0.15, 0.2) is 0 Å². The van der Waals surface area contributed by atoms with Gasteiger partial charge in [0.05, 0.1) is 6.61 Å². The largest absolute Gasteiger partial charge is 0.465 e. The van der Waals surface area contributed by atoms with Crippen LogP contribution in [0.2, 0.25) is 0 Å². The molecule has 0 saturated heterocycles. The second-order valence-corrected chi connectivity index (χ2v) is 6.15. The van der Waals surface area contributed by atoms with E-state index in [4.69, 9.17) is 4.74 Å². The maximum absolute atomic E-state index is 12.7. The molecule has 0 bridgehead atoms. The molecule has 0 saturated carbocycles. The summed E-state index contributed by atoms with van der Waals surface area (Å²) < 4.78 is 54.6. The van der Waals surface area contributed by atoms with Crippen LogP contribution in [-0.2, 0) is 9.53 Å². The molecular weight excluding hydrogens is 308 g/mol. The van der Waals surface area contributed by atoms with Gasteiger partial charge in [-0.3, -0.25) is 4.79 Å². The van der Waals surface area contributed by atoms with E-state index >= 15 is 0 Å². The average Bonchev–Trinajstić information content (AvgIpc) is 2.43. The van der Waals surface area contributed by atoms with Crippen molar-refractivity contribution in [1.82, 2.24) is 0 Å². The minimum Gasteiger partial charge on any atom is -0.465 e. The summed E-state index contributed by atoms with van der Waals surface area (Å²) in [5.74, 6) is -4.03. The maximum atomic E-state index is 12.7. The second kappa shape index (κ2) is 11.2. The molecule has 21 heavy (non-hydrogen) atoms. The van der Waals surface area contributed by atoms with Crippen LogP contribution < -0.4 is 0 Å². The Morgan fingerprint density at radius 1 is 1.19 bits per heavy atom. The first-order valence-electron chi connectivity index (χ1n) is 7.29. The van der Waals surface area contributed by atoms with Crippen molar-refractivity contribution < 1.29 is 27.1 Å². The van der Waals surface area contributed by atoms with Crippen LogP contribution in [0.25, 0.3) is 0 Å². The highest BCUT2D eigenvalue weighted by atomic mass is 32.2. The highest BCUT2D eigenvalue weighted by Crippen LogP contribution is 2.29. The van der Waals surface area contributed by atoms with Gasteiger partial charge in [-0.1, -0.05) is 26.7 Å². The highest BCUT2D eigenvalue weighted by molar-refractivity contribution is 8.00. The minimum absolute atomic E-state index is 0.0499. The van der Waals surface area contributed by atoms with Gasteiger partial charge in [0, 0.05) is 6.42 Å². The lowest BCUT2D eigenvalue weighted by molar-refractivity contribution is -0.143. The van der Waals surface area contributed by atoms with E-state index < -0.39 is 24.0 Å². The molecule has 0 fully saturated rings. The number of rotatable bonds is 12. The van der Waals surface area contributed by atoms with Gasteiger partial charge in [0.25, 0.3) is 0 Å². The number of thioether (sulfide) groups is 1. The van der Waals surface area contributed by atoms with E-state index in [1.807, 2.05) is 13.8 Å². The Morgan fingerprint density at radius 2 is 1.86 bits per heavy atom. The lowest BCUT2D eigenvalue weighted by atomic mass is 10.2. The molecule has 1 unspecified atom stereocenters. The van der Waals surface area contributed by atoms with Crippen LogP contribution in [0.5, 0.6) is 0 Å². The van der Waals surface area contributed by atoms with Gasteiger partial charge in [-0.15, -0.1) is 11.8 Å². The van der Waals surface area contributed by atoms with Crippen molar-refractivity contribution in [3.63, 3.8) is 0 Å². The van der Waals surface area contributed by atoms with Crippen LogP contribution in [0.4, 0.5) is 17.6 Å². The number of alkyl halides is 4. The smallest absolute Gasteiger partial charge is 0.319 e. The van der Waals surface area contributed by atoms with E-state index in [0.717, 1.165) is 19.3 Å². The molecule has 0 aliphatic heterocycles. The van der Waals surface area contributed by atoms with Crippen LogP contribution in [0.1, 0.15) is 52.4 Å². The normalized spacial score (nSPS) is 13.5. The van der Waals surface area contributed by atoms with Crippen molar-refractivity contribution in [1.29, 1.82) is 0 Å². The number of esters is 1. The third-order valence-corrected chi connectivity index (χ3v) is 4.18. The Bertz CT molecular complexity index is 288. The van der Waals surface area contributed by atoms with Gasteiger partial charge < -0.3 is 4.74 Å². The van der Waals surface area contributed by atoms with E-state index in [-0.39, 0.29) is 18.1 Å². The first kappa shape index (κ1) is 20.5. The summed E-state index contributed by atoms with van der Waals surface area (Å²) in [6.07, 6.45) is -1.44. The molecule has 0 aliphatic rings. The van der Waals surface area contributed by atoms with Crippen molar-refractivity contribution in [2.75, 3.05) is 12.4 Å². The van der Waals surface area contributed by atoms with Crippen molar-refractivity contribution in [3.05, 3.63) is 0 Å². The predicted molar refractivity (Wildman–Crippen MR) is 77.2 cm³/mol. The Kier molecular flexibility index (Phi) is 10.9. The predicted octanol–water partition coefficient (Wildman–Crippen LogP) is 4.91. The molecule has 7 heteroatoms. The zero-order valence-electron chi connectivity index (χ0n) is 12.5. The molecule has 0 rings (SSSR count). The van der Waals surface area contributed by atoms with Crippen LogP contribution in [0, 0.1) is 0 Å². The van der Waals surface area contributed by atoms with E-state index in [2.05, 4.69) is 0 Å². The molecule has 0 spiro atoms. The number of hydrogen-bond acceptors (Lipinski definition) is 3. The number of unbranched alkanes of at least 4 members (excludes halogenated alkanes) is 1. The topological polar surface area (TPSA) is 26.3 Å². The van der Waals surface area contributed by atoms with E-state index in [1.54, 1.807) is 0 Å². The van der Waals surface area contributed by atoms with Crippen LogP contribution >= 0.6 is 11.8 Å². The van der Waals surface area contributed by atoms with Crippen molar-refractivity contribution in [3.8, 4) is 0 Å². The number of halogens is 4. The summed E-state index contributed by atoms with van der Waals surface area (Å²) >= 11 is 1.22. The summed E-state index contributed by atoms with van der Waals surface area (Å²) in [5.41, 5.74) is 0. The molecule has 0 aromatic rings. The molecule has 2 nitrogen and oxygen atoms in total. The molecule has 0 N–H and O–H groups in total. The first-order valence-corrected chi connectivity index (χ1v) is 8.34. The summed E-state index contributed by atoms with van der Waals surface area (Å²) in [6, 6.07) is 0. The second-order valence-electron chi connectivity index (χ2n) is 4.83. The van der Waals surface area contributed by atoms with Gasteiger partial charge in [-0.2, -0.15) is 0 Å². The van der Waals surface area contributed by atoms with Crippen molar-refractivity contribution in [2.24, 2.45) is 0 Å². The third-order valence-electron chi connectivity index (χ3n) is 2.82. The third kappa shape index (κ3) is 9.22. The number of carbonyl (C=O) groups excluding carboxylic acids is 1. The fourth-order valence-electron chi connectivity index (χ4n) is 1.60. The van der Waals surface area contributed by atoms with Crippen LogP contribution in [-0.4, -0.2) is 35.9 Å². The number of hydrogen-bond donors (Lipinski definition) is 0. The highest BCUT2D eigenvalue weighted by Gasteiger charge is 2.39. The average molecular weight is 332 g/mol. The first-order chi connectivity index (χ1) is 9.85. The van der Waals surface area contributed by atoms with Crippen LogP contribution in [0.15, 0.2) is 0 Å². The monoisotopic (exact) mass is 332 g/mol. The van der Waals surface area contributed by atoms with E-state index in [1.165, 1.54) is 11.8 Å². The Balaban J connectivity index is 4.14. The van der Waals surface area contributed by atoms with Crippen molar-refractivity contribution in [2.45, 2.75) is 70.0 Å². The lowest BCUT2D eigenvalue weighted by Gasteiger charge is -2.17. The molecule has 1 atom stereocenters. The Morgan fingerprint density at radius 3 is 2.38 bits per heavy atom. The molecule has 0 heterocycles. The number of ether oxygens (including phenoxy) is 1. The summed E-state index contributed by atoms with van der Waals surface area (Å²) in [4.78, 5) is 11.8. The molecule has 126 valence electrons. The molecule has 0 aliphatic carbocycles. The lowest BCUT2D eigenvalue weighted by Crippen LogP contribution is -2.26. The van der Waals surface area contributed by atoms with Crippen molar-refractivity contribution >= 4 is 17.7 Å². The zero-order valence-corrected chi connectivity index (χ0v) is 13.4.